The maximum Gasteiger partial charge on any atom is 0.251 e. The Kier molecular flexibility index (Phi) is 5.08. The van der Waals surface area contributed by atoms with Crippen LogP contribution in [0.4, 0.5) is 0 Å². The quantitative estimate of drug-likeness (QED) is 0.917. The van der Waals surface area contributed by atoms with Crippen LogP contribution in [0, 0.1) is 11.3 Å². The lowest BCUT2D eigenvalue weighted by atomic mass is 9.86. The van der Waals surface area contributed by atoms with Gasteiger partial charge in [-0.1, -0.05) is 43.7 Å². The predicted molar refractivity (Wildman–Crippen MR) is 80.3 cm³/mol. The largest absolute Gasteiger partial charge is 0.251 e. The van der Waals surface area contributed by atoms with Crippen LogP contribution in [-0.4, -0.2) is 14.0 Å². The molecule has 0 unspecified atom stereocenters. The minimum atomic E-state index is -3.68. The number of hydrogen-bond acceptors (Lipinski definition) is 4. The average Bonchev–Trinajstić information content (AvgIpc) is 2.80. The summed E-state index contributed by atoms with van der Waals surface area (Å²) in [5.74, 6) is 0. The molecule has 1 aromatic heterocycles. The van der Waals surface area contributed by atoms with Crippen molar-refractivity contribution < 1.29 is 8.42 Å². The lowest BCUT2D eigenvalue weighted by Crippen LogP contribution is -2.47. The van der Waals surface area contributed by atoms with Crippen molar-refractivity contribution in [3.05, 3.63) is 16.5 Å². The first-order chi connectivity index (χ1) is 9.47. The first kappa shape index (κ1) is 15.8. The maximum atomic E-state index is 12.4. The summed E-state index contributed by atoms with van der Waals surface area (Å²) >= 11 is 6.79. The van der Waals surface area contributed by atoms with Crippen LogP contribution in [0.5, 0.6) is 0 Å². The molecule has 1 aromatic rings. The zero-order valence-electron chi connectivity index (χ0n) is 11.1. The van der Waals surface area contributed by atoms with Gasteiger partial charge in [-0.2, -0.15) is 9.98 Å². The minimum absolute atomic E-state index is 0.166. The van der Waals surface area contributed by atoms with Gasteiger partial charge in [0.2, 0.25) is 0 Å². The minimum Gasteiger partial charge on any atom is -0.206 e. The van der Waals surface area contributed by atoms with E-state index in [9.17, 15) is 13.7 Å². The van der Waals surface area contributed by atoms with Crippen LogP contribution in [0.3, 0.4) is 0 Å². The van der Waals surface area contributed by atoms with Crippen LogP contribution in [0.25, 0.3) is 0 Å². The van der Waals surface area contributed by atoms with Crippen molar-refractivity contribution in [2.75, 3.05) is 0 Å². The molecule has 1 aliphatic rings. The van der Waals surface area contributed by atoms with E-state index in [1.54, 1.807) is 6.07 Å². The fraction of sp³-hybridized carbons (Fsp3) is 0.615. The van der Waals surface area contributed by atoms with Crippen molar-refractivity contribution in [3.63, 3.8) is 0 Å². The Balaban J connectivity index is 2.22. The topological polar surface area (TPSA) is 70.0 Å². The Hall–Kier alpha value is -0.610. The standard InChI is InChI=1S/C13H17ClN2O2S2/c14-11-6-7-12(19-11)20(17,18)16-13(10-15)8-4-2-1-3-5-9-13/h6-7,16H,1-5,8-9H2. The molecule has 20 heavy (non-hydrogen) atoms. The normalized spacial score (nSPS) is 19.8. The summed E-state index contributed by atoms with van der Waals surface area (Å²) in [4.78, 5) is 0. The number of halogens is 1. The number of nitrogens with one attached hydrogen (secondary N) is 1. The molecule has 0 bridgehead atoms. The lowest BCUT2D eigenvalue weighted by Gasteiger charge is -2.29. The van der Waals surface area contributed by atoms with E-state index in [0.29, 0.717) is 17.2 Å². The Bertz CT molecular complexity index is 596. The van der Waals surface area contributed by atoms with Crippen LogP contribution in [0.2, 0.25) is 4.34 Å². The molecule has 0 radical (unpaired) electrons. The Morgan fingerprint density at radius 3 is 2.30 bits per heavy atom. The van der Waals surface area contributed by atoms with Crippen molar-refractivity contribution in [3.8, 4) is 6.07 Å². The molecule has 1 heterocycles. The monoisotopic (exact) mass is 332 g/mol. The van der Waals surface area contributed by atoms with Crippen molar-refractivity contribution in [1.29, 1.82) is 5.26 Å². The molecule has 1 aliphatic carbocycles. The molecule has 4 nitrogen and oxygen atoms in total. The third-order valence-electron chi connectivity index (χ3n) is 3.56. The van der Waals surface area contributed by atoms with Gasteiger partial charge in [0.1, 0.15) is 9.75 Å². The lowest BCUT2D eigenvalue weighted by molar-refractivity contribution is 0.357. The average molecular weight is 333 g/mol. The Morgan fingerprint density at radius 1 is 1.20 bits per heavy atom. The molecule has 0 aromatic carbocycles. The van der Waals surface area contributed by atoms with Crippen molar-refractivity contribution >= 4 is 33.0 Å². The second-order valence-electron chi connectivity index (χ2n) is 5.13. The molecule has 0 amide bonds. The third-order valence-corrected chi connectivity index (χ3v) is 6.82. The summed E-state index contributed by atoms with van der Waals surface area (Å²) in [6.07, 6.45) is 6.16. The van der Waals surface area contributed by atoms with Crippen LogP contribution < -0.4 is 4.72 Å². The highest BCUT2D eigenvalue weighted by Gasteiger charge is 2.35. The van der Waals surface area contributed by atoms with Gasteiger partial charge in [-0.15, -0.1) is 11.3 Å². The second kappa shape index (κ2) is 6.44. The number of thiophene rings is 1. The fourth-order valence-corrected chi connectivity index (χ4v) is 5.35. The first-order valence-corrected chi connectivity index (χ1v) is 9.36. The molecule has 110 valence electrons. The zero-order valence-corrected chi connectivity index (χ0v) is 13.5. The molecular weight excluding hydrogens is 316 g/mol. The molecular formula is C13H17ClN2O2S2. The number of rotatable bonds is 3. The molecule has 7 heteroatoms. The molecule has 1 N–H and O–H groups in total. The van der Waals surface area contributed by atoms with E-state index in [1.807, 2.05) is 0 Å². The van der Waals surface area contributed by atoms with Gasteiger partial charge in [-0.05, 0) is 25.0 Å². The Labute approximate surface area is 128 Å². The van der Waals surface area contributed by atoms with Gasteiger partial charge < -0.3 is 0 Å². The van der Waals surface area contributed by atoms with Gasteiger partial charge in [0.25, 0.3) is 10.0 Å². The number of hydrogen-bond donors (Lipinski definition) is 1. The molecule has 0 spiro atoms. The van der Waals surface area contributed by atoms with Gasteiger partial charge in [-0.3, -0.25) is 0 Å². The molecule has 0 saturated heterocycles. The zero-order chi connectivity index (χ0) is 14.6. The first-order valence-electron chi connectivity index (χ1n) is 6.68. The van der Waals surface area contributed by atoms with E-state index < -0.39 is 15.6 Å². The molecule has 0 aliphatic heterocycles. The van der Waals surface area contributed by atoms with Crippen molar-refractivity contribution in [1.82, 2.24) is 4.72 Å². The van der Waals surface area contributed by atoms with E-state index in [2.05, 4.69) is 10.8 Å². The van der Waals surface area contributed by atoms with Gasteiger partial charge in [0.05, 0.1) is 10.4 Å². The Morgan fingerprint density at radius 2 is 1.80 bits per heavy atom. The highest BCUT2D eigenvalue weighted by molar-refractivity contribution is 7.91. The molecule has 2 rings (SSSR count). The summed E-state index contributed by atoms with van der Waals surface area (Å²) in [6, 6.07) is 5.23. The predicted octanol–water partition coefficient (Wildman–Crippen LogP) is 3.69. The highest BCUT2D eigenvalue weighted by atomic mass is 35.5. The van der Waals surface area contributed by atoms with Gasteiger partial charge >= 0.3 is 0 Å². The summed E-state index contributed by atoms with van der Waals surface area (Å²) in [6.45, 7) is 0. The van der Waals surface area contributed by atoms with E-state index in [4.69, 9.17) is 11.6 Å². The van der Waals surface area contributed by atoms with E-state index in [1.165, 1.54) is 6.07 Å². The number of nitriles is 1. The van der Waals surface area contributed by atoms with E-state index >= 15 is 0 Å². The summed E-state index contributed by atoms with van der Waals surface area (Å²) in [5.41, 5.74) is -0.976. The van der Waals surface area contributed by atoms with Gasteiger partial charge in [0, 0.05) is 0 Å². The number of sulfonamides is 1. The second-order valence-corrected chi connectivity index (χ2v) is 8.75. The van der Waals surface area contributed by atoms with Crippen LogP contribution in [0.15, 0.2) is 16.3 Å². The van der Waals surface area contributed by atoms with Crippen LogP contribution in [-0.2, 0) is 10.0 Å². The third kappa shape index (κ3) is 3.73. The van der Waals surface area contributed by atoms with Crippen LogP contribution in [0.1, 0.15) is 44.9 Å². The molecule has 1 fully saturated rings. The van der Waals surface area contributed by atoms with Crippen molar-refractivity contribution in [2.24, 2.45) is 0 Å². The summed E-state index contributed by atoms with van der Waals surface area (Å²) in [7, 11) is -3.68. The SMILES string of the molecule is N#CC1(NS(=O)(=O)c2ccc(Cl)s2)CCCCCCC1. The summed E-state index contributed by atoms with van der Waals surface area (Å²) in [5, 5.41) is 9.47. The van der Waals surface area contributed by atoms with E-state index in [0.717, 1.165) is 43.4 Å². The number of nitrogens with zero attached hydrogens (tertiary/aromatic N) is 1. The van der Waals surface area contributed by atoms with Gasteiger partial charge in [0.15, 0.2) is 0 Å². The molecule has 0 atom stereocenters. The van der Waals surface area contributed by atoms with Crippen LogP contribution >= 0.6 is 22.9 Å². The smallest absolute Gasteiger partial charge is 0.206 e. The van der Waals surface area contributed by atoms with E-state index in [-0.39, 0.29) is 4.21 Å². The van der Waals surface area contributed by atoms with Crippen molar-refractivity contribution in [2.45, 2.75) is 54.7 Å². The fourth-order valence-electron chi connectivity index (χ4n) is 2.50. The van der Waals surface area contributed by atoms with Gasteiger partial charge in [-0.25, -0.2) is 8.42 Å². The highest BCUT2D eigenvalue weighted by Crippen LogP contribution is 2.30. The summed E-state index contributed by atoms with van der Waals surface area (Å²) < 4.78 is 27.9. The maximum absolute atomic E-state index is 12.4. The molecule has 1 saturated carbocycles.